The molecule has 5 aliphatic rings. The summed E-state index contributed by atoms with van der Waals surface area (Å²) in [5, 5.41) is 18.9. The second-order valence-corrected chi connectivity index (χ2v) is 22.5. The zero-order valence-corrected chi connectivity index (χ0v) is 41.6. The largest absolute Gasteiger partial charge is 0.508 e. The van der Waals surface area contributed by atoms with E-state index in [1.54, 1.807) is 41.5 Å². The summed E-state index contributed by atoms with van der Waals surface area (Å²) < 4.78 is 11.7. The number of ether oxygens (including phenoxy) is 2. The van der Waals surface area contributed by atoms with Crippen molar-refractivity contribution in [2.75, 3.05) is 0 Å². The van der Waals surface area contributed by atoms with Crippen molar-refractivity contribution in [1.29, 1.82) is 0 Å². The van der Waals surface area contributed by atoms with Crippen molar-refractivity contribution in [2.24, 2.45) is 52.3 Å². The Morgan fingerprint density at radius 2 is 1.37 bits per heavy atom. The maximum atomic E-state index is 12.7. The monoisotopic (exact) mass is 865 g/mol. The van der Waals surface area contributed by atoms with Crippen LogP contribution >= 0.6 is 0 Å². The molecule has 4 bridgehead atoms. The third-order valence-corrected chi connectivity index (χ3v) is 16.7. The van der Waals surface area contributed by atoms with Gasteiger partial charge in [0.1, 0.15) is 22.8 Å². The molecular formula is C57H84O6. The van der Waals surface area contributed by atoms with E-state index in [1.807, 2.05) is 67.5 Å². The molecule has 63 heavy (non-hydrogen) atoms. The van der Waals surface area contributed by atoms with Crippen LogP contribution in [0.2, 0.25) is 0 Å². The molecule has 348 valence electrons. The maximum absolute atomic E-state index is 12.7. The van der Waals surface area contributed by atoms with E-state index in [1.165, 1.54) is 37.7 Å². The molecule has 0 aromatic heterocycles. The molecule has 0 amide bonds. The summed E-state index contributed by atoms with van der Waals surface area (Å²) in [4.78, 5) is 24.7. The lowest BCUT2D eigenvalue weighted by atomic mass is 9.65. The van der Waals surface area contributed by atoms with Crippen molar-refractivity contribution in [3.05, 3.63) is 89.0 Å². The van der Waals surface area contributed by atoms with Gasteiger partial charge in [-0.1, -0.05) is 106 Å². The first kappa shape index (κ1) is 50.2. The zero-order valence-electron chi connectivity index (χ0n) is 41.6. The van der Waals surface area contributed by atoms with Crippen LogP contribution < -0.4 is 4.74 Å². The van der Waals surface area contributed by atoms with Crippen LogP contribution in [0.4, 0.5) is 0 Å². The van der Waals surface area contributed by atoms with Crippen molar-refractivity contribution in [3.63, 3.8) is 0 Å². The van der Waals surface area contributed by atoms with E-state index in [4.69, 9.17) is 14.6 Å². The highest BCUT2D eigenvalue weighted by molar-refractivity contribution is 5.78. The number of carbonyl (C=O) groups excluding carboxylic acids is 2. The van der Waals surface area contributed by atoms with Gasteiger partial charge in [-0.3, -0.25) is 9.59 Å². The summed E-state index contributed by atoms with van der Waals surface area (Å²) in [5.41, 5.74) is 4.04. The SMILES string of the molecule is CC1Cc2ccccc2C1C.CCC(C)(C)C(=O)OC1(CC)CC2CC1C1C3CCC(C3)C21.CCC(C)(C)C(=O)Oc1ccc(O)c(C(C)(C)C)c1.CCC(C)c1ccc(O)cc1. The van der Waals surface area contributed by atoms with Crippen LogP contribution in [0.3, 0.4) is 0 Å². The van der Waals surface area contributed by atoms with Crippen molar-refractivity contribution in [1.82, 2.24) is 0 Å². The van der Waals surface area contributed by atoms with Crippen molar-refractivity contribution < 1.29 is 29.3 Å². The van der Waals surface area contributed by atoms with Gasteiger partial charge in [0.15, 0.2) is 0 Å². The van der Waals surface area contributed by atoms with Crippen LogP contribution in [0.1, 0.15) is 189 Å². The van der Waals surface area contributed by atoms with Gasteiger partial charge < -0.3 is 19.7 Å². The van der Waals surface area contributed by atoms with Gasteiger partial charge in [0, 0.05) is 11.5 Å². The van der Waals surface area contributed by atoms with Gasteiger partial charge >= 0.3 is 11.9 Å². The minimum atomic E-state index is -0.500. The second-order valence-electron chi connectivity index (χ2n) is 22.5. The highest BCUT2D eigenvalue weighted by atomic mass is 16.6. The number of aromatic hydroxyl groups is 2. The van der Waals surface area contributed by atoms with Crippen LogP contribution in [0.5, 0.6) is 17.2 Å². The number of hydrogen-bond acceptors (Lipinski definition) is 6. The first-order chi connectivity index (χ1) is 29.5. The lowest BCUT2D eigenvalue weighted by Gasteiger charge is -2.46. The number of phenols is 2. The Balaban J connectivity index is 0.000000166. The van der Waals surface area contributed by atoms with Crippen LogP contribution in [0, 0.1) is 52.3 Å². The summed E-state index contributed by atoms with van der Waals surface area (Å²) in [7, 11) is 0. The van der Waals surface area contributed by atoms with Gasteiger partial charge in [-0.25, -0.2) is 0 Å². The Morgan fingerprint density at radius 1 is 0.762 bits per heavy atom. The molecule has 6 heteroatoms. The third kappa shape index (κ3) is 11.2. The minimum absolute atomic E-state index is 0.0455. The Labute approximate surface area is 382 Å². The standard InChI is InChI=1S/C20H32O2.C16H24O3.C11H14.C10H14O/c1-5-19(3,4)18(21)22-20(6-2)11-14-10-15(20)17-13-8-7-12(9-13)16(14)17;1-7-16(5,6)14(18)19-11-8-9-13(17)12(10-11)15(2,3)4;1-8-7-10-5-3-4-6-11(10)9(8)2;1-3-8(2)9-4-6-10(11)7-5-9/h12-17H,5-11H2,1-4H3;8-10,17H,7H2,1-6H3;3-6,8-9H,7H2,1-2H3;4-8,11H,3H2,1-2H3. The molecule has 4 fully saturated rings. The van der Waals surface area contributed by atoms with Crippen LogP contribution in [0.15, 0.2) is 66.7 Å². The van der Waals surface area contributed by atoms with E-state index >= 15 is 0 Å². The number of hydrogen-bond donors (Lipinski definition) is 2. The molecule has 4 saturated carbocycles. The Hall–Kier alpha value is -3.80. The highest BCUT2D eigenvalue weighted by Crippen LogP contribution is 2.71. The van der Waals surface area contributed by atoms with Crippen LogP contribution in [0.25, 0.3) is 0 Å². The summed E-state index contributed by atoms with van der Waals surface area (Å²) in [6.45, 7) is 29.1. The first-order valence-corrected chi connectivity index (χ1v) is 24.7. The van der Waals surface area contributed by atoms with Gasteiger partial charge in [0.25, 0.3) is 0 Å². The fourth-order valence-electron chi connectivity index (χ4n) is 11.4. The molecule has 8 rings (SSSR count). The third-order valence-electron chi connectivity index (χ3n) is 16.7. The van der Waals surface area contributed by atoms with Crippen molar-refractivity contribution >= 4 is 11.9 Å². The Morgan fingerprint density at radius 3 is 1.94 bits per heavy atom. The molecular weight excluding hydrogens is 781 g/mol. The maximum Gasteiger partial charge on any atom is 0.316 e. The molecule has 6 nitrogen and oxygen atoms in total. The zero-order chi connectivity index (χ0) is 46.7. The Bertz CT molecular complexity index is 1990. The molecule has 0 saturated heterocycles. The fraction of sp³-hybridized carbons (Fsp3) is 0.649. The molecule has 0 aliphatic heterocycles. The number of carbonyl (C=O) groups is 2. The molecule has 3 aromatic rings. The van der Waals surface area contributed by atoms with Crippen molar-refractivity contribution in [2.45, 2.75) is 184 Å². The van der Waals surface area contributed by atoms with Gasteiger partial charge in [-0.05, 0) is 192 Å². The quantitative estimate of drug-likeness (QED) is 0.126. The van der Waals surface area contributed by atoms with Gasteiger partial charge in [0.05, 0.1) is 10.8 Å². The van der Waals surface area contributed by atoms with Gasteiger partial charge in [0.2, 0.25) is 0 Å². The van der Waals surface area contributed by atoms with E-state index in [2.05, 4.69) is 65.8 Å². The minimum Gasteiger partial charge on any atom is -0.508 e. The Kier molecular flexibility index (Phi) is 16.1. The van der Waals surface area contributed by atoms with E-state index in [0.717, 1.165) is 79.1 Å². The highest BCUT2D eigenvalue weighted by Gasteiger charge is 2.68. The average Bonchev–Trinajstić information content (AvgIpc) is 4.09. The average molecular weight is 865 g/mol. The van der Waals surface area contributed by atoms with Crippen molar-refractivity contribution in [3.8, 4) is 17.2 Å². The second kappa shape index (κ2) is 20.2. The predicted octanol–water partition coefficient (Wildman–Crippen LogP) is 14.7. The summed E-state index contributed by atoms with van der Waals surface area (Å²) in [6, 6.07) is 21.2. The topological polar surface area (TPSA) is 93.1 Å². The number of fused-ring (bicyclic) bond motifs is 10. The lowest BCUT2D eigenvalue weighted by Crippen LogP contribution is -2.49. The predicted molar refractivity (Wildman–Crippen MR) is 258 cm³/mol. The normalized spacial score (nSPS) is 28.0. The van der Waals surface area contributed by atoms with E-state index in [9.17, 15) is 14.7 Å². The summed E-state index contributed by atoms with van der Waals surface area (Å²) in [5.74, 6) is 8.41. The van der Waals surface area contributed by atoms with Crippen LogP contribution in [-0.4, -0.2) is 27.8 Å². The number of phenolic OH excluding ortho intramolecular Hbond substituents is 2. The molecule has 10 unspecified atom stereocenters. The van der Waals surface area contributed by atoms with Gasteiger partial charge in [-0.15, -0.1) is 0 Å². The number of esters is 2. The molecule has 0 heterocycles. The summed E-state index contributed by atoms with van der Waals surface area (Å²) >= 11 is 0. The molecule has 2 N–H and O–H groups in total. The summed E-state index contributed by atoms with van der Waals surface area (Å²) in [6.07, 6.45) is 11.9. The molecule has 0 spiro atoms. The molecule has 5 aliphatic carbocycles. The van der Waals surface area contributed by atoms with E-state index < -0.39 is 5.41 Å². The lowest BCUT2D eigenvalue weighted by molar-refractivity contribution is -0.183. The van der Waals surface area contributed by atoms with E-state index in [0.29, 0.717) is 23.3 Å². The van der Waals surface area contributed by atoms with Gasteiger partial charge in [-0.2, -0.15) is 0 Å². The van der Waals surface area contributed by atoms with Crippen LogP contribution in [-0.2, 0) is 26.2 Å². The molecule has 3 aromatic carbocycles. The number of rotatable bonds is 9. The number of benzene rings is 3. The molecule has 10 atom stereocenters. The smallest absolute Gasteiger partial charge is 0.316 e. The fourth-order valence-corrected chi connectivity index (χ4v) is 11.4. The first-order valence-electron chi connectivity index (χ1n) is 24.7. The molecule has 0 radical (unpaired) electrons. The van der Waals surface area contributed by atoms with E-state index in [-0.39, 0.29) is 34.1 Å².